The van der Waals surface area contributed by atoms with Gasteiger partial charge in [-0.3, -0.25) is 4.90 Å². The Morgan fingerprint density at radius 2 is 1.70 bits per heavy atom. The van der Waals surface area contributed by atoms with Crippen LogP contribution in [-0.2, 0) is 13.1 Å². The number of rotatable bonds is 5. The topological polar surface area (TPSA) is 29.3 Å². The predicted molar refractivity (Wildman–Crippen MR) is 88.7 cm³/mol. The summed E-state index contributed by atoms with van der Waals surface area (Å²) >= 11 is 5.11. The molecule has 0 saturated heterocycles. The van der Waals surface area contributed by atoms with Crippen molar-refractivity contribution in [3.05, 3.63) is 70.8 Å². The quantitative estimate of drug-likeness (QED) is 0.855. The molecular weight excluding hydrogens is 264 g/mol. The van der Waals surface area contributed by atoms with E-state index >= 15 is 0 Å². The van der Waals surface area contributed by atoms with E-state index in [-0.39, 0.29) is 0 Å². The van der Waals surface area contributed by atoms with Crippen LogP contribution in [0.15, 0.2) is 48.5 Å². The molecule has 0 saturated carbocycles. The Bertz CT molecular complexity index is 590. The molecule has 104 valence electrons. The maximum absolute atomic E-state index is 5.77. The second-order valence-electron chi connectivity index (χ2n) is 5.18. The molecule has 0 atom stereocenters. The van der Waals surface area contributed by atoms with Gasteiger partial charge < -0.3 is 5.73 Å². The summed E-state index contributed by atoms with van der Waals surface area (Å²) in [6.07, 6.45) is 0. The minimum Gasteiger partial charge on any atom is -0.389 e. The predicted octanol–water partition coefficient (Wildman–Crippen LogP) is 3.26. The minimum atomic E-state index is 0.462. The molecule has 2 N–H and O–H groups in total. The Morgan fingerprint density at radius 3 is 2.35 bits per heavy atom. The molecule has 2 nitrogen and oxygen atoms in total. The van der Waals surface area contributed by atoms with E-state index in [2.05, 4.69) is 49.2 Å². The van der Waals surface area contributed by atoms with E-state index in [9.17, 15) is 0 Å². The fraction of sp³-hybridized carbons (Fsp3) is 0.235. The minimum absolute atomic E-state index is 0.462. The number of hydrogen-bond acceptors (Lipinski definition) is 2. The highest BCUT2D eigenvalue weighted by atomic mass is 32.1. The zero-order valence-corrected chi connectivity index (χ0v) is 12.8. The molecule has 0 radical (unpaired) electrons. The highest BCUT2D eigenvalue weighted by Crippen LogP contribution is 2.13. The third kappa shape index (κ3) is 3.89. The molecule has 2 aromatic rings. The third-order valence-electron chi connectivity index (χ3n) is 3.30. The zero-order valence-electron chi connectivity index (χ0n) is 12.0. The molecule has 0 unspecified atom stereocenters. The molecule has 3 heteroatoms. The average Bonchev–Trinajstić information content (AvgIpc) is 2.41. The van der Waals surface area contributed by atoms with Crippen molar-refractivity contribution in [2.45, 2.75) is 20.0 Å². The van der Waals surface area contributed by atoms with Gasteiger partial charge in [0.1, 0.15) is 4.99 Å². The van der Waals surface area contributed by atoms with Crippen molar-refractivity contribution in [3.63, 3.8) is 0 Å². The number of aryl methyl sites for hydroxylation is 1. The Kier molecular flexibility index (Phi) is 4.88. The molecule has 0 amide bonds. The third-order valence-corrected chi connectivity index (χ3v) is 3.52. The molecule has 0 bridgehead atoms. The van der Waals surface area contributed by atoms with Crippen LogP contribution < -0.4 is 5.73 Å². The number of benzene rings is 2. The van der Waals surface area contributed by atoms with E-state index < -0.39 is 0 Å². The van der Waals surface area contributed by atoms with Crippen LogP contribution >= 0.6 is 12.2 Å². The molecule has 0 fully saturated rings. The van der Waals surface area contributed by atoms with Crippen LogP contribution in [0.2, 0.25) is 0 Å². The van der Waals surface area contributed by atoms with E-state index in [4.69, 9.17) is 18.0 Å². The van der Waals surface area contributed by atoms with Gasteiger partial charge in [0.2, 0.25) is 0 Å². The van der Waals surface area contributed by atoms with Gasteiger partial charge in [0.25, 0.3) is 0 Å². The maximum atomic E-state index is 5.77. The van der Waals surface area contributed by atoms with Crippen LogP contribution in [0.3, 0.4) is 0 Å². The maximum Gasteiger partial charge on any atom is 0.104 e. The average molecular weight is 284 g/mol. The van der Waals surface area contributed by atoms with Crippen molar-refractivity contribution in [1.29, 1.82) is 0 Å². The fourth-order valence-corrected chi connectivity index (χ4v) is 2.45. The summed E-state index contributed by atoms with van der Waals surface area (Å²) in [7, 11) is 2.11. The second kappa shape index (κ2) is 6.64. The SMILES string of the molecule is Cc1ccc(CN(C)Cc2ccccc2C(N)=S)cc1. The van der Waals surface area contributed by atoms with Gasteiger partial charge in [0.05, 0.1) is 0 Å². The van der Waals surface area contributed by atoms with Crippen molar-refractivity contribution < 1.29 is 0 Å². The first-order valence-electron chi connectivity index (χ1n) is 6.68. The number of nitrogens with zero attached hydrogens (tertiary/aromatic N) is 1. The van der Waals surface area contributed by atoms with Gasteiger partial charge >= 0.3 is 0 Å². The first-order valence-corrected chi connectivity index (χ1v) is 7.09. The van der Waals surface area contributed by atoms with Crippen molar-refractivity contribution >= 4 is 17.2 Å². The Balaban J connectivity index is 2.06. The molecule has 0 aliphatic heterocycles. The highest BCUT2D eigenvalue weighted by Gasteiger charge is 2.07. The number of hydrogen-bond donors (Lipinski definition) is 1. The first kappa shape index (κ1) is 14.7. The van der Waals surface area contributed by atoms with Crippen LogP contribution in [0.5, 0.6) is 0 Å². The van der Waals surface area contributed by atoms with Crippen molar-refractivity contribution in [1.82, 2.24) is 4.90 Å². The summed E-state index contributed by atoms with van der Waals surface area (Å²) in [6, 6.07) is 16.7. The van der Waals surface area contributed by atoms with E-state index in [1.54, 1.807) is 0 Å². The second-order valence-corrected chi connectivity index (χ2v) is 5.62. The molecule has 0 heterocycles. The molecule has 0 aliphatic rings. The lowest BCUT2D eigenvalue weighted by Gasteiger charge is -2.18. The van der Waals surface area contributed by atoms with Gasteiger partial charge in [-0.2, -0.15) is 0 Å². The van der Waals surface area contributed by atoms with Crippen LogP contribution in [-0.4, -0.2) is 16.9 Å². The summed E-state index contributed by atoms with van der Waals surface area (Å²) in [5, 5.41) is 0. The molecule has 20 heavy (non-hydrogen) atoms. The number of nitrogens with two attached hydrogens (primary N) is 1. The largest absolute Gasteiger partial charge is 0.389 e. The van der Waals surface area contributed by atoms with Crippen molar-refractivity contribution in [3.8, 4) is 0 Å². The van der Waals surface area contributed by atoms with Gasteiger partial charge in [-0.15, -0.1) is 0 Å². The smallest absolute Gasteiger partial charge is 0.104 e. The zero-order chi connectivity index (χ0) is 14.5. The van der Waals surface area contributed by atoms with Crippen molar-refractivity contribution in [2.24, 2.45) is 5.73 Å². The Labute approximate surface area is 126 Å². The molecule has 2 aromatic carbocycles. The van der Waals surface area contributed by atoms with Gasteiger partial charge in [0.15, 0.2) is 0 Å². The van der Waals surface area contributed by atoms with Gasteiger partial charge in [-0.05, 0) is 25.1 Å². The van der Waals surface area contributed by atoms with E-state index in [1.807, 2.05) is 18.2 Å². The van der Waals surface area contributed by atoms with E-state index in [0.717, 1.165) is 18.7 Å². The van der Waals surface area contributed by atoms with Gasteiger partial charge in [-0.1, -0.05) is 66.3 Å². The molecule has 2 rings (SSSR count). The van der Waals surface area contributed by atoms with Crippen molar-refractivity contribution in [2.75, 3.05) is 7.05 Å². The van der Waals surface area contributed by atoms with Crippen LogP contribution in [0.4, 0.5) is 0 Å². The van der Waals surface area contributed by atoms with Crippen LogP contribution in [0.1, 0.15) is 22.3 Å². The standard InChI is InChI=1S/C17H20N2S/c1-13-7-9-14(10-8-13)11-19(2)12-15-5-3-4-6-16(15)17(18)20/h3-10H,11-12H2,1-2H3,(H2,18,20). The lowest BCUT2D eigenvalue weighted by atomic mass is 10.1. The highest BCUT2D eigenvalue weighted by molar-refractivity contribution is 7.80. The van der Waals surface area contributed by atoms with Crippen LogP contribution in [0, 0.1) is 6.92 Å². The summed E-state index contributed by atoms with van der Waals surface area (Å²) in [5.41, 5.74) is 10.5. The molecule has 0 aliphatic carbocycles. The first-order chi connectivity index (χ1) is 9.56. The van der Waals surface area contributed by atoms with Gasteiger partial charge in [0, 0.05) is 18.7 Å². The van der Waals surface area contributed by atoms with E-state index in [1.165, 1.54) is 16.7 Å². The number of thiocarbonyl (C=S) groups is 1. The van der Waals surface area contributed by atoms with Crippen LogP contribution in [0.25, 0.3) is 0 Å². The summed E-state index contributed by atoms with van der Waals surface area (Å²) < 4.78 is 0. The fourth-order valence-electron chi connectivity index (χ4n) is 2.25. The summed E-state index contributed by atoms with van der Waals surface area (Å²) in [4.78, 5) is 2.73. The normalized spacial score (nSPS) is 10.8. The van der Waals surface area contributed by atoms with Gasteiger partial charge in [-0.25, -0.2) is 0 Å². The lowest BCUT2D eigenvalue weighted by Crippen LogP contribution is -2.20. The lowest BCUT2D eigenvalue weighted by molar-refractivity contribution is 0.319. The van der Waals surface area contributed by atoms with E-state index in [0.29, 0.717) is 4.99 Å². The Morgan fingerprint density at radius 1 is 1.05 bits per heavy atom. The summed E-state index contributed by atoms with van der Waals surface area (Å²) in [5.74, 6) is 0. The molecule has 0 spiro atoms. The molecular formula is C17H20N2S. The molecule has 0 aromatic heterocycles. The monoisotopic (exact) mass is 284 g/mol. The summed E-state index contributed by atoms with van der Waals surface area (Å²) in [6.45, 7) is 3.85. The Hall–Kier alpha value is -1.71.